The highest BCUT2D eigenvalue weighted by Gasteiger charge is 2.19. The molecular weight excluding hydrogens is 330 g/mol. The summed E-state index contributed by atoms with van der Waals surface area (Å²) in [6, 6.07) is 13.9. The SMILES string of the molecule is Cc1ccc(-c2nc(SC(C)C(=O)c3ccc(C)c(C)c3)n[nH]2)cc1. The summed E-state index contributed by atoms with van der Waals surface area (Å²) in [5, 5.41) is 7.52. The number of rotatable bonds is 5. The first kappa shape index (κ1) is 17.4. The molecule has 0 aliphatic rings. The van der Waals surface area contributed by atoms with Crippen LogP contribution in [0.2, 0.25) is 0 Å². The van der Waals surface area contributed by atoms with E-state index in [4.69, 9.17) is 0 Å². The maximum absolute atomic E-state index is 12.6. The Balaban J connectivity index is 1.72. The fourth-order valence-electron chi connectivity index (χ4n) is 2.48. The van der Waals surface area contributed by atoms with Crippen LogP contribution in [0.4, 0.5) is 0 Å². The number of aromatic amines is 1. The molecule has 0 amide bonds. The van der Waals surface area contributed by atoms with Gasteiger partial charge in [-0.25, -0.2) is 4.98 Å². The van der Waals surface area contributed by atoms with Gasteiger partial charge in [-0.3, -0.25) is 9.89 Å². The summed E-state index contributed by atoms with van der Waals surface area (Å²) in [6.45, 7) is 8.00. The second kappa shape index (κ2) is 7.23. The van der Waals surface area contributed by atoms with E-state index in [0.29, 0.717) is 11.0 Å². The number of ketones is 1. The van der Waals surface area contributed by atoms with Crippen molar-refractivity contribution in [2.45, 2.75) is 38.1 Å². The standard InChI is InChI=1S/C20H21N3OS/c1-12-5-8-16(9-6-12)19-21-20(23-22-19)25-15(4)18(24)17-10-7-13(2)14(3)11-17/h5-11,15H,1-4H3,(H,21,22,23). The Hall–Kier alpha value is -2.40. The quantitative estimate of drug-likeness (QED) is 0.532. The Morgan fingerprint density at radius 1 is 1.04 bits per heavy atom. The van der Waals surface area contributed by atoms with E-state index in [1.54, 1.807) is 0 Å². The lowest BCUT2D eigenvalue weighted by Crippen LogP contribution is -2.14. The van der Waals surface area contributed by atoms with E-state index in [0.717, 1.165) is 16.7 Å². The van der Waals surface area contributed by atoms with Crippen LogP contribution in [0.25, 0.3) is 11.4 Å². The fourth-order valence-corrected chi connectivity index (χ4v) is 3.28. The molecule has 0 aliphatic carbocycles. The number of carbonyl (C=O) groups is 1. The maximum Gasteiger partial charge on any atom is 0.209 e. The minimum Gasteiger partial charge on any atom is -0.293 e. The van der Waals surface area contributed by atoms with Crippen molar-refractivity contribution >= 4 is 17.5 Å². The summed E-state index contributed by atoms with van der Waals surface area (Å²) in [5.41, 5.74) is 5.23. The second-order valence-electron chi connectivity index (χ2n) is 6.26. The van der Waals surface area contributed by atoms with Gasteiger partial charge in [0.25, 0.3) is 0 Å². The highest BCUT2D eigenvalue weighted by Crippen LogP contribution is 2.25. The highest BCUT2D eigenvalue weighted by molar-refractivity contribution is 8.00. The first-order valence-corrected chi connectivity index (χ1v) is 9.09. The van der Waals surface area contributed by atoms with Crippen LogP contribution in [0, 0.1) is 20.8 Å². The van der Waals surface area contributed by atoms with Gasteiger partial charge in [0, 0.05) is 11.1 Å². The van der Waals surface area contributed by atoms with Gasteiger partial charge in [0.05, 0.1) is 5.25 Å². The molecule has 1 unspecified atom stereocenters. The molecule has 0 saturated carbocycles. The molecule has 1 N–H and O–H groups in total. The van der Waals surface area contributed by atoms with Crippen molar-refractivity contribution in [3.8, 4) is 11.4 Å². The number of nitrogens with zero attached hydrogens (tertiary/aromatic N) is 2. The number of thioether (sulfide) groups is 1. The van der Waals surface area contributed by atoms with Crippen LogP contribution in [-0.2, 0) is 0 Å². The maximum atomic E-state index is 12.6. The van der Waals surface area contributed by atoms with E-state index in [2.05, 4.69) is 15.2 Å². The highest BCUT2D eigenvalue weighted by atomic mass is 32.2. The number of H-pyrrole nitrogens is 1. The van der Waals surface area contributed by atoms with Crippen LogP contribution in [0.15, 0.2) is 47.6 Å². The molecule has 0 saturated heterocycles. The smallest absolute Gasteiger partial charge is 0.209 e. The fraction of sp³-hybridized carbons (Fsp3) is 0.250. The number of hydrogen-bond acceptors (Lipinski definition) is 4. The van der Waals surface area contributed by atoms with Gasteiger partial charge in [0.1, 0.15) is 0 Å². The number of benzene rings is 2. The molecule has 4 nitrogen and oxygen atoms in total. The van der Waals surface area contributed by atoms with E-state index >= 15 is 0 Å². The van der Waals surface area contributed by atoms with E-state index in [9.17, 15) is 4.79 Å². The summed E-state index contributed by atoms with van der Waals surface area (Å²) in [5.74, 6) is 0.808. The zero-order chi connectivity index (χ0) is 18.0. The summed E-state index contributed by atoms with van der Waals surface area (Å²) in [6.07, 6.45) is 0. The van der Waals surface area contributed by atoms with Gasteiger partial charge in [0.15, 0.2) is 11.6 Å². The van der Waals surface area contributed by atoms with Crippen molar-refractivity contribution < 1.29 is 4.79 Å². The van der Waals surface area contributed by atoms with Crippen molar-refractivity contribution in [3.63, 3.8) is 0 Å². The molecule has 128 valence electrons. The average molecular weight is 351 g/mol. The van der Waals surface area contributed by atoms with Crippen molar-refractivity contribution in [1.82, 2.24) is 15.2 Å². The molecule has 25 heavy (non-hydrogen) atoms. The number of Topliss-reactive ketones (excluding diaryl/α,β-unsaturated/α-hetero) is 1. The molecule has 3 rings (SSSR count). The summed E-state index contributed by atoms with van der Waals surface area (Å²) in [7, 11) is 0. The van der Waals surface area contributed by atoms with Gasteiger partial charge in [-0.1, -0.05) is 53.7 Å². The van der Waals surface area contributed by atoms with Crippen LogP contribution in [0.3, 0.4) is 0 Å². The summed E-state index contributed by atoms with van der Waals surface area (Å²) < 4.78 is 0. The van der Waals surface area contributed by atoms with E-state index < -0.39 is 0 Å². The van der Waals surface area contributed by atoms with Crippen LogP contribution >= 0.6 is 11.8 Å². The van der Waals surface area contributed by atoms with Gasteiger partial charge in [-0.15, -0.1) is 5.10 Å². The second-order valence-corrected chi connectivity index (χ2v) is 7.56. The number of hydrogen-bond donors (Lipinski definition) is 1. The van der Waals surface area contributed by atoms with Gasteiger partial charge in [0.2, 0.25) is 5.16 Å². The van der Waals surface area contributed by atoms with Crippen LogP contribution in [-0.4, -0.2) is 26.2 Å². The lowest BCUT2D eigenvalue weighted by Gasteiger charge is -2.09. The zero-order valence-corrected chi connectivity index (χ0v) is 15.6. The predicted octanol–water partition coefficient (Wildman–Crippen LogP) is 4.76. The first-order valence-electron chi connectivity index (χ1n) is 8.21. The molecule has 0 aliphatic heterocycles. The van der Waals surface area contributed by atoms with Crippen molar-refractivity contribution in [1.29, 1.82) is 0 Å². The minimum absolute atomic E-state index is 0.0924. The van der Waals surface area contributed by atoms with Gasteiger partial charge in [-0.05, 0) is 44.9 Å². The Morgan fingerprint density at radius 3 is 2.44 bits per heavy atom. The van der Waals surface area contributed by atoms with Crippen molar-refractivity contribution in [2.24, 2.45) is 0 Å². The van der Waals surface area contributed by atoms with E-state index in [1.807, 2.05) is 70.2 Å². The zero-order valence-electron chi connectivity index (χ0n) is 14.8. The third kappa shape index (κ3) is 3.99. The third-order valence-electron chi connectivity index (χ3n) is 4.23. The Bertz CT molecular complexity index is 900. The van der Waals surface area contributed by atoms with Gasteiger partial charge >= 0.3 is 0 Å². The molecular formula is C20H21N3OS. The Kier molecular flexibility index (Phi) is 5.04. The molecule has 0 spiro atoms. The predicted molar refractivity (Wildman–Crippen MR) is 102 cm³/mol. The average Bonchev–Trinajstić information content (AvgIpc) is 3.05. The van der Waals surface area contributed by atoms with Crippen LogP contribution in [0.5, 0.6) is 0 Å². The molecule has 0 fully saturated rings. The van der Waals surface area contributed by atoms with Crippen LogP contribution < -0.4 is 0 Å². The van der Waals surface area contributed by atoms with E-state index in [1.165, 1.54) is 22.9 Å². The lowest BCUT2D eigenvalue weighted by atomic mass is 10.0. The molecule has 0 bridgehead atoms. The third-order valence-corrected chi connectivity index (χ3v) is 5.19. The molecule has 1 aromatic heterocycles. The number of carbonyl (C=O) groups excluding carboxylic acids is 1. The number of aryl methyl sites for hydroxylation is 3. The minimum atomic E-state index is -0.247. The summed E-state index contributed by atoms with van der Waals surface area (Å²) in [4.78, 5) is 17.1. The van der Waals surface area contributed by atoms with Gasteiger partial charge < -0.3 is 0 Å². The monoisotopic (exact) mass is 351 g/mol. The molecule has 0 radical (unpaired) electrons. The normalized spacial score (nSPS) is 12.2. The molecule has 2 aromatic carbocycles. The molecule has 3 aromatic rings. The largest absolute Gasteiger partial charge is 0.293 e. The van der Waals surface area contributed by atoms with Gasteiger partial charge in [-0.2, -0.15) is 0 Å². The number of nitrogens with one attached hydrogen (secondary N) is 1. The number of aromatic nitrogens is 3. The van der Waals surface area contributed by atoms with E-state index in [-0.39, 0.29) is 11.0 Å². The molecule has 1 atom stereocenters. The first-order chi connectivity index (χ1) is 11.9. The van der Waals surface area contributed by atoms with Crippen molar-refractivity contribution in [2.75, 3.05) is 0 Å². The summed E-state index contributed by atoms with van der Waals surface area (Å²) >= 11 is 1.37. The van der Waals surface area contributed by atoms with Crippen molar-refractivity contribution in [3.05, 3.63) is 64.7 Å². The Morgan fingerprint density at radius 2 is 1.76 bits per heavy atom. The lowest BCUT2D eigenvalue weighted by molar-refractivity contribution is 0.0994. The topological polar surface area (TPSA) is 58.6 Å². The molecule has 5 heteroatoms. The molecule has 1 heterocycles. The Labute approximate surface area is 152 Å². The van der Waals surface area contributed by atoms with Crippen LogP contribution in [0.1, 0.15) is 34.0 Å².